The Morgan fingerprint density at radius 3 is 2.96 bits per heavy atom. The van der Waals surface area contributed by atoms with E-state index >= 15 is 0 Å². The number of anilines is 1. The number of H-pyrrole nitrogens is 2. The van der Waals surface area contributed by atoms with Crippen LogP contribution in [0.15, 0.2) is 54.7 Å². The lowest BCUT2D eigenvalue weighted by Crippen LogP contribution is -2.17. The van der Waals surface area contributed by atoms with Gasteiger partial charge in [-0.2, -0.15) is 10.4 Å². The average Bonchev–Trinajstić information content (AvgIpc) is 3.37. The largest absolute Gasteiger partial charge is 0.378 e. The van der Waals surface area contributed by atoms with Crippen LogP contribution in [-0.2, 0) is 6.42 Å². The van der Waals surface area contributed by atoms with Gasteiger partial charge in [-0.1, -0.05) is 6.07 Å². The van der Waals surface area contributed by atoms with Crippen molar-refractivity contribution in [1.29, 1.82) is 5.26 Å². The molecular formula is C22H19N5. The molecule has 4 aromatic rings. The van der Waals surface area contributed by atoms with E-state index in [2.05, 4.69) is 50.8 Å². The molecule has 0 radical (unpaired) electrons. The molecule has 1 atom stereocenters. The molecule has 0 saturated carbocycles. The van der Waals surface area contributed by atoms with Crippen LogP contribution in [0.4, 0.5) is 5.69 Å². The number of aryl methyl sites for hydroxylation is 1. The Balaban J connectivity index is 1.49. The van der Waals surface area contributed by atoms with Gasteiger partial charge in [-0.3, -0.25) is 5.10 Å². The van der Waals surface area contributed by atoms with Crippen LogP contribution >= 0.6 is 0 Å². The van der Waals surface area contributed by atoms with E-state index in [1.807, 2.05) is 30.5 Å². The molecule has 0 aliphatic heterocycles. The van der Waals surface area contributed by atoms with Gasteiger partial charge in [-0.05, 0) is 72.9 Å². The molecular weight excluding hydrogens is 334 g/mol. The van der Waals surface area contributed by atoms with Crippen molar-refractivity contribution in [3.63, 3.8) is 0 Å². The van der Waals surface area contributed by atoms with Gasteiger partial charge in [-0.25, -0.2) is 0 Å². The number of aromatic nitrogens is 3. The van der Waals surface area contributed by atoms with E-state index in [0.29, 0.717) is 0 Å². The number of fused-ring (bicyclic) bond motifs is 2. The van der Waals surface area contributed by atoms with Crippen LogP contribution in [0.1, 0.15) is 35.6 Å². The Labute approximate surface area is 157 Å². The van der Waals surface area contributed by atoms with E-state index in [0.717, 1.165) is 52.8 Å². The van der Waals surface area contributed by atoms with Crippen LogP contribution in [0, 0.1) is 11.3 Å². The normalized spacial score (nSPS) is 16.0. The van der Waals surface area contributed by atoms with Crippen molar-refractivity contribution < 1.29 is 0 Å². The van der Waals surface area contributed by atoms with Gasteiger partial charge in [0.15, 0.2) is 0 Å². The lowest BCUT2D eigenvalue weighted by Gasteiger charge is -2.27. The van der Waals surface area contributed by atoms with Crippen molar-refractivity contribution >= 4 is 16.6 Å². The number of nitrogens with zero attached hydrogens (tertiary/aromatic N) is 2. The Bertz CT molecular complexity index is 1150. The first-order chi connectivity index (χ1) is 13.3. The van der Waals surface area contributed by atoms with Crippen LogP contribution in [0.2, 0.25) is 0 Å². The standard InChI is InChI=1S/C22H19N5/c23-13-14-6-8-17-15(11-14)3-1-4-19(17)25-16-7-9-20-18(12-16)22(27-26-20)21-5-2-10-24-21/h2,5-12,19,24-25H,1,3-4H2,(H,26,27)/t19-/m0/s1. The summed E-state index contributed by atoms with van der Waals surface area (Å²) in [6, 6.07) is 18.9. The summed E-state index contributed by atoms with van der Waals surface area (Å²) in [6.07, 6.45) is 5.17. The zero-order chi connectivity index (χ0) is 18.2. The second kappa shape index (κ2) is 6.33. The summed E-state index contributed by atoms with van der Waals surface area (Å²) in [5.41, 5.74) is 7.37. The van der Waals surface area contributed by atoms with Crippen LogP contribution in [0.5, 0.6) is 0 Å². The van der Waals surface area contributed by atoms with Gasteiger partial charge in [0.25, 0.3) is 0 Å². The molecule has 0 bridgehead atoms. The molecule has 0 spiro atoms. The van der Waals surface area contributed by atoms with Gasteiger partial charge in [0, 0.05) is 17.3 Å². The maximum absolute atomic E-state index is 9.15. The first-order valence-electron chi connectivity index (χ1n) is 9.23. The average molecular weight is 353 g/mol. The highest BCUT2D eigenvalue weighted by Gasteiger charge is 2.21. The molecule has 0 amide bonds. The van der Waals surface area contributed by atoms with Gasteiger partial charge >= 0.3 is 0 Å². The maximum Gasteiger partial charge on any atom is 0.116 e. The summed E-state index contributed by atoms with van der Waals surface area (Å²) in [5.74, 6) is 0. The van der Waals surface area contributed by atoms with E-state index in [4.69, 9.17) is 5.26 Å². The Morgan fingerprint density at radius 2 is 2.11 bits per heavy atom. The molecule has 1 aliphatic carbocycles. The number of aromatic amines is 2. The highest BCUT2D eigenvalue weighted by molar-refractivity contribution is 5.94. The van der Waals surface area contributed by atoms with Crippen LogP contribution in [0.25, 0.3) is 22.3 Å². The Kier molecular flexibility index (Phi) is 3.68. The number of nitriles is 1. The van der Waals surface area contributed by atoms with E-state index in [1.54, 1.807) is 0 Å². The van der Waals surface area contributed by atoms with E-state index in [9.17, 15) is 0 Å². The third-order valence-electron chi connectivity index (χ3n) is 5.34. The summed E-state index contributed by atoms with van der Waals surface area (Å²) in [4.78, 5) is 3.23. The van der Waals surface area contributed by atoms with Crippen molar-refractivity contribution in [1.82, 2.24) is 15.2 Å². The maximum atomic E-state index is 9.15. The quantitative estimate of drug-likeness (QED) is 0.489. The Morgan fingerprint density at radius 1 is 1.15 bits per heavy atom. The molecule has 2 heterocycles. The van der Waals surface area contributed by atoms with Gasteiger partial charge in [-0.15, -0.1) is 0 Å². The highest BCUT2D eigenvalue weighted by atomic mass is 15.1. The molecule has 2 aromatic heterocycles. The zero-order valence-electron chi connectivity index (χ0n) is 14.8. The van der Waals surface area contributed by atoms with Crippen molar-refractivity contribution in [3.05, 3.63) is 71.4 Å². The van der Waals surface area contributed by atoms with Crippen molar-refractivity contribution in [2.75, 3.05) is 5.32 Å². The topological polar surface area (TPSA) is 80.3 Å². The molecule has 1 aliphatic rings. The highest BCUT2D eigenvalue weighted by Crippen LogP contribution is 2.34. The minimum atomic E-state index is 0.264. The van der Waals surface area contributed by atoms with Crippen molar-refractivity contribution in [3.8, 4) is 17.5 Å². The molecule has 5 heteroatoms. The second-order valence-electron chi connectivity index (χ2n) is 7.03. The fraction of sp³-hybridized carbons (Fsp3) is 0.182. The molecule has 5 rings (SSSR count). The lowest BCUT2D eigenvalue weighted by atomic mass is 9.86. The molecule has 27 heavy (non-hydrogen) atoms. The van der Waals surface area contributed by atoms with Crippen molar-refractivity contribution in [2.24, 2.45) is 0 Å². The molecule has 5 nitrogen and oxygen atoms in total. The predicted octanol–water partition coefficient (Wildman–Crippen LogP) is 4.92. The van der Waals surface area contributed by atoms with E-state index in [1.165, 1.54) is 11.1 Å². The van der Waals surface area contributed by atoms with Gasteiger partial charge in [0.2, 0.25) is 0 Å². The monoisotopic (exact) mass is 353 g/mol. The fourth-order valence-electron chi connectivity index (χ4n) is 4.02. The fourth-order valence-corrected chi connectivity index (χ4v) is 4.02. The van der Waals surface area contributed by atoms with Gasteiger partial charge in [0.1, 0.15) is 5.69 Å². The van der Waals surface area contributed by atoms with Gasteiger partial charge in [0.05, 0.1) is 28.9 Å². The first-order valence-corrected chi connectivity index (χ1v) is 9.23. The molecule has 0 fully saturated rings. The molecule has 0 unspecified atom stereocenters. The summed E-state index contributed by atoms with van der Waals surface area (Å²) in [5, 5.41) is 21.5. The van der Waals surface area contributed by atoms with Crippen LogP contribution in [-0.4, -0.2) is 15.2 Å². The van der Waals surface area contributed by atoms with Crippen LogP contribution in [0.3, 0.4) is 0 Å². The Hall–Kier alpha value is -3.52. The number of hydrogen-bond acceptors (Lipinski definition) is 3. The van der Waals surface area contributed by atoms with Gasteiger partial charge < -0.3 is 10.3 Å². The van der Waals surface area contributed by atoms with E-state index < -0.39 is 0 Å². The number of benzene rings is 2. The summed E-state index contributed by atoms with van der Waals surface area (Å²) >= 11 is 0. The molecule has 0 saturated heterocycles. The third-order valence-corrected chi connectivity index (χ3v) is 5.34. The van der Waals surface area contributed by atoms with Crippen LogP contribution < -0.4 is 5.32 Å². The SMILES string of the molecule is N#Cc1ccc2c(c1)CCC[C@@H]2Nc1ccc2[nH]nc(-c3ccc[nH]3)c2c1. The summed E-state index contributed by atoms with van der Waals surface area (Å²) in [7, 11) is 0. The predicted molar refractivity (Wildman–Crippen MR) is 106 cm³/mol. The smallest absolute Gasteiger partial charge is 0.116 e. The molecule has 132 valence electrons. The first kappa shape index (κ1) is 15.7. The lowest BCUT2D eigenvalue weighted by molar-refractivity contribution is 0.600. The van der Waals surface area contributed by atoms with E-state index in [-0.39, 0.29) is 6.04 Å². The minimum absolute atomic E-state index is 0.264. The van der Waals surface area contributed by atoms with Crippen molar-refractivity contribution in [2.45, 2.75) is 25.3 Å². The summed E-state index contributed by atoms with van der Waals surface area (Å²) in [6.45, 7) is 0. The second-order valence-corrected chi connectivity index (χ2v) is 7.03. The number of hydrogen-bond donors (Lipinski definition) is 3. The number of nitrogens with one attached hydrogen (secondary N) is 3. The summed E-state index contributed by atoms with van der Waals surface area (Å²) < 4.78 is 0. The minimum Gasteiger partial charge on any atom is -0.378 e. The molecule has 2 aromatic carbocycles. The molecule has 3 N–H and O–H groups in total. The number of rotatable bonds is 3. The zero-order valence-corrected chi connectivity index (χ0v) is 14.8. The third kappa shape index (κ3) is 2.76.